The van der Waals surface area contributed by atoms with Crippen molar-refractivity contribution in [2.24, 2.45) is 0 Å². The van der Waals surface area contributed by atoms with E-state index in [1.807, 2.05) is 0 Å². The van der Waals surface area contributed by atoms with Crippen LogP contribution in [0.5, 0.6) is 5.75 Å². The van der Waals surface area contributed by atoms with Crippen molar-refractivity contribution in [3.8, 4) is 5.75 Å². The summed E-state index contributed by atoms with van der Waals surface area (Å²) in [5, 5.41) is 10.6. The third kappa shape index (κ3) is 2.59. The first-order chi connectivity index (χ1) is 8.04. The third-order valence-electron chi connectivity index (χ3n) is 2.07. The van der Waals surface area contributed by atoms with Crippen LogP contribution < -0.4 is 4.74 Å². The number of ketones is 1. The molecule has 0 amide bonds. The minimum atomic E-state index is -0.697. The fourth-order valence-electron chi connectivity index (χ4n) is 1.34. The summed E-state index contributed by atoms with van der Waals surface area (Å²) >= 11 is 5.38. The van der Waals surface area contributed by atoms with Gasteiger partial charge in [0.15, 0.2) is 12.1 Å². The molecule has 0 spiro atoms. The maximum absolute atomic E-state index is 11.5. The number of methoxy groups -OCH3 is 1. The Morgan fingerprint density at radius 2 is 2.24 bits per heavy atom. The van der Waals surface area contributed by atoms with Crippen LogP contribution in [-0.4, -0.2) is 30.0 Å². The van der Waals surface area contributed by atoms with Gasteiger partial charge in [-0.3, -0.25) is 19.7 Å². The maximum Gasteiger partial charge on any atom is 0.271 e. The Kier molecular flexibility index (Phi) is 4.17. The van der Waals surface area contributed by atoms with Gasteiger partial charge in [-0.05, 0) is 0 Å². The first-order valence-electron chi connectivity index (χ1n) is 4.46. The lowest BCUT2D eigenvalue weighted by Crippen LogP contribution is -2.07. The minimum absolute atomic E-state index is 0.00347. The molecule has 0 atom stereocenters. The number of ether oxygens (including phenoxy) is 1. The quantitative estimate of drug-likeness (QED) is 0.264. The number of benzene rings is 1. The molecule has 0 saturated heterocycles. The largest absolute Gasteiger partial charge is 0.495 e. The van der Waals surface area contributed by atoms with E-state index in [1.165, 1.54) is 7.11 Å². The predicted octanol–water partition coefficient (Wildman–Crippen LogP) is 1.84. The number of rotatable bonds is 5. The Hall–Kier alpha value is -1.95. The zero-order valence-electron chi connectivity index (χ0n) is 8.81. The normalized spacial score (nSPS) is 9.76. The molecule has 1 aromatic carbocycles. The summed E-state index contributed by atoms with van der Waals surface area (Å²) in [6.45, 7) is 0. The number of aldehydes is 1. The SMILES string of the molecule is COc1c(C=O)cc([N+](=O)[O-])cc1C(=O)CCl. The Morgan fingerprint density at radius 3 is 2.65 bits per heavy atom. The van der Waals surface area contributed by atoms with Crippen LogP contribution in [0.25, 0.3) is 0 Å². The van der Waals surface area contributed by atoms with Gasteiger partial charge in [-0.25, -0.2) is 0 Å². The van der Waals surface area contributed by atoms with E-state index >= 15 is 0 Å². The molecule has 0 aliphatic carbocycles. The molecule has 0 saturated carbocycles. The lowest BCUT2D eigenvalue weighted by Gasteiger charge is -2.08. The van der Waals surface area contributed by atoms with Gasteiger partial charge in [0.2, 0.25) is 0 Å². The van der Waals surface area contributed by atoms with Crippen LogP contribution in [0, 0.1) is 10.1 Å². The summed E-state index contributed by atoms with van der Waals surface area (Å²) in [5.74, 6) is -0.901. The molecule has 90 valence electrons. The number of Topliss-reactive ketones (excluding diaryl/α,β-unsaturated/α-hetero) is 1. The number of carbonyl (C=O) groups is 2. The van der Waals surface area contributed by atoms with Crippen molar-refractivity contribution in [2.45, 2.75) is 0 Å². The smallest absolute Gasteiger partial charge is 0.271 e. The Morgan fingerprint density at radius 1 is 1.59 bits per heavy atom. The standard InChI is InChI=1S/C10H8ClNO5/c1-17-10-6(5-13)2-7(12(15)16)3-8(10)9(14)4-11/h2-3,5H,4H2,1H3. The average molecular weight is 258 g/mol. The van der Waals surface area contributed by atoms with E-state index in [4.69, 9.17) is 16.3 Å². The number of hydrogen-bond acceptors (Lipinski definition) is 5. The van der Waals surface area contributed by atoms with Crippen molar-refractivity contribution in [3.05, 3.63) is 33.4 Å². The number of non-ortho nitro benzene ring substituents is 1. The highest BCUT2D eigenvalue weighted by atomic mass is 35.5. The minimum Gasteiger partial charge on any atom is -0.495 e. The molecule has 6 nitrogen and oxygen atoms in total. The molecule has 1 rings (SSSR count). The lowest BCUT2D eigenvalue weighted by molar-refractivity contribution is -0.384. The van der Waals surface area contributed by atoms with E-state index in [-0.39, 0.29) is 28.4 Å². The monoisotopic (exact) mass is 257 g/mol. The second-order valence-electron chi connectivity index (χ2n) is 3.05. The van der Waals surface area contributed by atoms with Gasteiger partial charge in [-0.1, -0.05) is 0 Å². The first-order valence-corrected chi connectivity index (χ1v) is 4.99. The van der Waals surface area contributed by atoms with Crippen LogP contribution in [0.3, 0.4) is 0 Å². The van der Waals surface area contributed by atoms with E-state index in [0.717, 1.165) is 12.1 Å². The zero-order chi connectivity index (χ0) is 13.0. The number of hydrogen-bond donors (Lipinski definition) is 0. The second kappa shape index (κ2) is 5.40. The number of nitrogens with zero attached hydrogens (tertiary/aromatic N) is 1. The van der Waals surface area contributed by atoms with Crippen molar-refractivity contribution in [1.29, 1.82) is 0 Å². The Labute approximate surface area is 101 Å². The molecule has 0 unspecified atom stereocenters. The van der Waals surface area contributed by atoms with E-state index in [1.54, 1.807) is 0 Å². The fourth-order valence-corrected chi connectivity index (χ4v) is 1.48. The Bertz CT molecular complexity index is 486. The molecule has 0 heterocycles. The van der Waals surface area contributed by atoms with Gasteiger partial charge < -0.3 is 4.74 Å². The van der Waals surface area contributed by atoms with Crippen molar-refractivity contribution in [2.75, 3.05) is 13.0 Å². The molecule has 0 aromatic heterocycles. The van der Waals surface area contributed by atoms with Gasteiger partial charge in [0.05, 0.1) is 29.0 Å². The summed E-state index contributed by atoms with van der Waals surface area (Å²) in [4.78, 5) is 32.2. The Balaban J connectivity index is 3.53. The number of halogens is 1. The second-order valence-corrected chi connectivity index (χ2v) is 3.31. The van der Waals surface area contributed by atoms with Crippen molar-refractivity contribution in [3.63, 3.8) is 0 Å². The molecule has 0 aliphatic heterocycles. The molecular formula is C10H8ClNO5. The van der Waals surface area contributed by atoms with Gasteiger partial charge in [0.25, 0.3) is 5.69 Å². The molecule has 1 aromatic rings. The van der Waals surface area contributed by atoms with Crippen molar-refractivity contribution in [1.82, 2.24) is 0 Å². The van der Waals surface area contributed by atoms with Crippen LogP contribution in [0.4, 0.5) is 5.69 Å². The van der Waals surface area contributed by atoms with Crippen molar-refractivity contribution < 1.29 is 19.2 Å². The highest BCUT2D eigenvalue weighted by Gasteiger charge is 2.21. The molecule has 17 heavy (non-hydrogen) atoms. The summed E-state index contributed by atoms with van der Waals surface area (Å²) in [7, 11) is 1.26. The van der Waals surface area contributed by atoms with Crippen LogP contribution in [-0.2, 0) is 0 Å². The van der Waals surface area contributed by atoms with Gasteiger partial charge >= 0.3 is 0 Å². The molecule has 7 heteroatoms. The van der Waals surface area contributed by atoms with Gasteiger partial charge in [-0.15, -0.1) is 11.6 Å². The molecule has 0 N–H and O–H groups in total. The highest BCUT2D eigenvalue weighted by molar-refractivity contribution is 6.31. The molecular weight excluding hydrogens is 250 g/mol. The lowest BCUT2D eigenvalue weighted by atomic mass is 10.1. The topological polar surface area (TPSA) is 86.5 Å². The number of nitro benzene ring substituents is 1. The molecule has 0 radical (unpaired) electrons. The molecule has 0 fully saturated rings. The maximum atomic E-state index is 11.5. The highest BCUT2D eigenvalue weighted by Crippen LogP contribution is 2.28. The van der Waals surface area contributed by atoms with Gasteiger partial charge in [0.1, 0.15) is 5.75 Å². The van der Waals surface area contributed by atoms with E-state index in [2.05, 4.69) is 0 Å². The number of nitro groups is 1. The predicted molar refractivity (Wildman–Crippen MR) is 60.1 cm³/mol. The van der Waals surface area contributed by atoms with Crippen LogP contribution >= 0.6 is 11.6 Å². The van der Waals surface area contributed by atoms with Gasteiger partial charge in [-0.2, -0.15) is 0 Å². The number of alkyl halides is 1. The average Bonchev–Trinajstić information content (AvgIpc) is 2.35. The fraction of sp³-hybridized carbons (Fsp3) is 0.200. The first kappa shape index (κ1) is 13.1. The summed E-state index contributed by atoms with van der Waals surface area (Å²) in [5.41, 5.74) is -0.490. The summed E-state index contributed by atoms with van der Waals surface area (Å²) in [6, 6.07) is 2.08. The van der Waals surface area contributed by atoms with E-state index < -0.39 is 10.7 Å². The van der Waals surface area contributed by atoms with Crippen LogP contribution in [0.15, 0.2) is 12.1 Å². The van der Waals surface area contributed by atoms with Crippen LogP contribution in [0.2, 0.25) is 0 Å². The van der Waals surface area contributed by atoms with E-state index in [9.17, 15) is 19.7 Å². The molecule has 0 bridgehead atoms. The zero-order valence-corrected chi connectivity index (χ0v) is 9.56. The summed E-state index contributed by atoms with van der Waals surface area (Å²) < 4.78 is 4.89. The number of carbonyl (C=O) groups excluding carboxylic acids is 2. The summed E-state index contributed by atoms with van der Waals surface area (Å²) in [6.07, 6.45) is 0.386. The molecule has 0 aliphatic rings. The van der Waals surface area contributed by atoms with Crippen LogP contribution in [0.1, 0.15) is 20.7 Å². The van der Waals surface area contributed by atoms with Crippen molar-refractivity contribution >= 4 is 29.4 Å². The van der Waals surface area contributed by atoms with E-state index in [0.29, 0.717) is 6.29 Å². The van der Waals surface area contributed by atoms with Gasteiger partial charge in [0, 0.05) is 12.1 Å². The third-order valence-corrected chi connectivity index (χ3v) is 2.31.